The quantitative estimate of drug-likeness (QED) is 0.827. The molecule has 0 spiro atoms. The van der Waals surface area contributed by atoms with Crippen molar-refractivity contribution in [3.63, 3.8) is 0 Å². The monoisotopic (exact) mass is 249 g/mol. The smallest absolute Gasteiger partial charge is 0.0562 e. The third-order valence-corrected chi connectivity index (χ3v) is 5.81. The molecule has 0 radical (unpaired) electrons. The van der Waals surface area contributed by atoms with Crippen molar-refractivity contribution in [1.82, 2.24) is 5.32 Å². The van der Waals surface area contributed by atoms with E-state index in [1.54, 1.807) is 0 Å². The number of aryl methyl sites for hydroxylation is 2. The fourth-order valence-electron chi connectivity index (χ4n) is 3.10. The Kier molecular flexibility index (Phi) is 2.83. The highest BCUT2D eigenvalue weighted by atomic mass is 32.2. The molecule has 3 heteroatoms. The molecule has 1 aliphatic heterocycles. The van der Waals surface area contributed by atoms with Gasteiger partial charge in [-0.25, -0.2) is 0 Å². The highest BCUT2D eigenvalue weighted by Crippen LogP contribution is 2.37. The van der Waals surface area contributed by atoms with Crippen LogP contribution in [-0.2, 0) is 23.6 Å². The Balaban J connectivity index is 2.15. The van der Waals surface area contributed by atoms with Gasteiger partial charge in [0.2, 0.25) is 0 Å². The van der Waals surface area contributed by atoms with E-state index in [4.69, 9.17) is 0 Å². The predicted octanol–water partition coefficient (Wildman–Crippen LogP) is 2.34. The molecule has 3 rings (SSSR count). The zero-order valence-electron chi connectivity index (χ0n) is 10.5. The van der Waals surface area contributed by atoms with Gasteiger partial charge in [0.15, 0.2) is 0 Å². The van der Waals surface area contributed by atoms with Gasteiger partial charge in [-0.3, -0.25) is 4.21 Å². The Morgan fingerprint density at radius 2 is 2.00 bits per heavy atom. The van der Waals surface area contributed by atoms with Gasteiger partial charge < -0.3 is 5.32 Å². The second kappa shape index (κ2) is 4.21. The van der Waals surface area contributed by atoms with Crippen molar-refractivity contribution in [1.29, 1.82) is 0 Å². The summed E-state index contributed by atoms with van der Waals surface area (Å²) in [4.78, 5) is 1.09. The molecule has 1 N–H and O–H groups in total. The summed E-state index contributed by atoms with van der Waals surface area (Å²) in [5.41, 5.74) is 4.20. The lowest BCUT2D eigenvalue weighted by Gasteiger charge is -2.29. The second-order valence-electron chi connectivity index (χ2n) is 5.20. The number of fused-ring (bicyclic) bond motifs is 2. The lowest BCUT2D eigenvalue weighted by Crippen LogP contribution is -2.30. The summed E-state index contributed by atoms with van der Waals surface area (Å²) in [6.07, 6.45) is 4.60. The molecule has 0 saturated carbocycles. The SMILES string of the molecule is CNC1CC(C)S(=O)c2cc3c(cc21)CCC3. The first-order chi connectivity index (χ1) is 8.20. The van der Waals surface area contributed by atoms with Gasteiger partial charge in [0, 0.05) is 16.2 Å². The van der Waals surface area contributed by atoms with Gasteiger partial charge in [-0.1, -0.05) is 13.0 Å². The average Bonchev–Trinajstić information content (AvgIpc) is 2.79. The predicted molar refractivity (Wildman–Crippen MR) is 70.8 cm³/mol. The summed E-state index contributed by atoms with van der Waals surface area (Å²) in [5.74, 6) is 0. The highest BCUT2D eigenvalue weighted by Gasteiger charge is 2.30. The Labute approximate surface area is 105 Å². The first kappa shape index (κ1) is 11.4. The van der Waals surface area contributed by atoms with E-state index >= 15 is 0 Å². The van der Waals surface area contributed by atoms with Crippen molar-refractivity contribution in [3.05, 3.63) is 28.8 Å². The molecule has 0 amide bonds. The number of hydrogen-bond acceptors (Lipinski definition) is 2. The van der Waals surface area contributed by atoms with Crippen LogP contribution in [0.25, 0.3) is 0 Å². The zero-order valence-corrected chi connectivity index (χ0v) is 11.3. The molecule has 0 fully saturated rings. The van der Waals surface area contributed by atoms with E-state index in [0.29, 0.717) is 6.04 Å². The fraction of sp³-hybridized carbons (Fsp3) is 0.571. The van der Waals surface area contributed by atoms with Crippen LogP contribution in [0, 0.1) is 0 Å². The summed E-state index contributed by atoms with van der Waals surface area (Å²) in [6, 6.07) is 4.90. The maximum atomic E-state index is 12.4. The van der Waals surface area contributed by atoms with Crippen LogP contribution in [0.2, 0.25) is 0 Å². The first-order valence-corrected chi connectivity index (χ1v) is 7.65. The summed E-state index contributed by atoms with van der Waals surface area (Å²) in [5, 5.41) is 3.63. The van der Waals surface area contributed by atoms with E-state index in [2.05, 4.69) is 24.4 Å². The molecular weight excluding hydrogens is 230 g/mol. The van der Waals surface area contributed by atoms with Gasteiger partial charge in [0.25, 0.3) is 0 Å². The molecule has 92 valence electrons. The Bertz CT molecular complexity index is 483. The van der Waals surface area contributed by atoms with Gasteiger partial charge in [0.1, 0.15) is 0 Å². The lowest BCUT2D eigenvalue weighted by molar-refractivity contribution is 0.517. The molecule has 3 unspecified atom stereocenters. The lowest BCUT2D eigenvalue weighted by atomic mass is 9.97. The summed E-state index contributed by atoms with van der Waals surface area (Å²) in [7, 11) is 1.19. The van der Waals surface area contributed by atoms with Crippen LogP contribution in [0.5, 0.6) is 0 Å². The third-order valence-electron chi connectivity index (χ3n) is 4.10. The van der Waals surface area contributed by atoms with Crippen LogP contribution in [0.1, 0.15) is 42.5 Å². The molecule has 3 atom stereocenters. The third kappa shape index (κ3) is 1.76. The van der Waals surface area contributed by atoms with E-state index < -0.39 is 10.8 Å². The molecule has 0 aromatic heterocycles. The largest absolute Gasteiger partial charge is 0.313 e. The molecular formula is C14H19NOS. The van der Waals surface area contributed by atoms with Crippen LogP contribution >= 0.6 is 0 Å². The number of hydrogen-bond donors (Lipinski definition) is 1. The average molecular weight is 249 g/mol. The van der Waals surface area contributed by atoms with Gasteiger partial charge in [-0.2, -0.15) is 0 Å². The van der Waals surface area contributed by atoms with Gasteiger partial charge in [-0.15, -0.1) is 0 Å². The Hall–Kier alpha value is -0.670. The Morgan fingerprint density at radius 1 is 1.29 bits per heavy atom. The number of benzene rings is 1. The van der Waals surface area contributed by atoms with E-state index in [1.807, 2.05) is 7.05 Å². The van der Waals surface area contributed by atoms with E-state index in [1.165, 1.54) is 36.0 Å². The molecule has 1 aliphatic carbocycles. The van der Waals surface area contributed by atoms with Gasteiger partial charge in [0.05, 0.1) is 10.8 Å². The van der Waals surface area contributed by atoms with Crippen LogP contribution in [0.15, 0.2) is 17.0 Å². The van der Waals surface area contributed by atoms with Crippen LogP contribution < -0.4 is 5.32 Å². The molecule has 1 heterocycles. The molecule has 0 saturated heterocycles. The van der Waals surface area contributed by atoms with E-state index in [9.17, 15) is 4.21 Å². The summed E-state index contributed by atoms with van der Waals surface area (Å²) >= 11 is 0. The van der Waals surface area contributed by atoms with E-state index in [0.717, 1.165) is 11.3 Å². The van der Waals surface area contributed by atoms with Crippen molar-refractivity contribution in [2.24, 2.45) is 0 Å². The molecule has 2 aliphatic rings. The van der Waals surface area contributed by atoms with Crippen LogP contribution in [0.3, 0.4) is 0 Å². The minimum atomic E-state index is -0.815. The molecule has 1 aromatic rings. The summed E-state index contributed by atoms with van der Waals surface area (Å²) in [6.45, 7) is 2.09. The first-order valence-electron chi connectivity index (χ1n) is 6.44. The van der Waals surface area contributed by atoms with Crippen LogP contribution in [0.4, 0.5) is 0 Å². The maximum absolute atomic E-state index is 12.4. The molecule has 0 bridgehead atoms. The fourth-order valence-corrected chi connectivity index (χ4v) is 4.60. The topological polar surface area (TPSA) is 29.1 Å². The highest BCUT2D eigenvalue weighted by molar-refractivity contribution is 7.85. The molecule has 1 aromatic carbocycles. The normalized spacial score (nSPS) is 31.1. The van der Waals surface area contributed by atoms with E-state index in [-0.39, 0.29) is 5.25 Å². The standard InChI is InChI=1S/C14H19NOS/c1-9-6-13(15-2)12-7-10-4-3-5-11(10)8-14(12)17(9)16/h7-9,13,15H,3-6H2,1-2H3. The Morgan fingerprint density at radius 3 is 2.71 bits per heavy atom. The second-order valence-corrected chi connectivity index (χ2v) is 7.04. The zero-order chi connectivity index (χ0) is 12.0. The van der Waals surface area contributed by atoms with Crippen molar-refractivity contribution in [2.45, 2.75) is 48.8 Å². The van der Waals surface area contributed by atoms with Crippen molar-refractivity contribution >= 4 is 10.8 Å². The molecule has 2 nitrogen and oxygen atoms in total. The minimum absolute atomic E-state index is 0.263. The van der Waals surface area contributed by atoms with Crippen molar-refractivity contribution in [2.75, 3.05) is 7.05 Å². The van der Waals surface area contributed by atoms with Crippen molar-refractivity contribution < 1.29 is 4.21 Å². The van der Waals surface area contributed by atoms with Gasteiger partial charge >= 0.3 is 0 Å². The van der Waals surface area contributed by atoms with Gasteiger partial charge in [-0.05, 0) is 55.5 Å². The minimum Gasteiger partial charge on any atom is -0.313 e. The van der Waals surface area contributed by atoms with Crippen LogP contribution in [-0.4, -0.2) is 16.5 Å². The maximum Gasteiger partial charge on any atom is 0.0562 e. The molecule has 17 heavy (non-hydrogen) atoms. The number of rotatable bonds is 1. The van der Waals surface area contributed by atoms with Crippen molar-refractivity contribution in [3.8, 4) is 0 Å². The number of nitrogens with one attached hydrogen (secondary N) is 1. The summed E-state index contributed by atoms with van der Waals surface area (Å²) < 4.78 is 12.4.